The van der Waals surface area contributed by atoms with Crippen LogP contribution in [0.4, 0.5) is 5.82 Å². The van der Waals surface area contributed by atoms with E-state index in [1.165, 1.54) is 19.3 Å². The van der Waals surface area contributed by atoms with Gasteiger partial charge in [-0.3, -0.25) is 0 Å². The van der Waals surface area contributed by atoms with Gasteiger partial charge in [0.1, 0.15) is 5.65 Å². The van der Waals surface area contributed by atoms with Gasteiger partial charge in [-0.05, 0) is 31.4 Å². The molecule has 0 atom stereocenters. The third-order valence-corrected chi connectivity index (χ3v) is 3.46. The Morgan fingerprint density at radius 3 is 2.76 bits per heavy atom. The third kappa shape index (κ3) is 1.78. The summed E-state index contributed by atoms with van der Waals surface area (Å²) in [6.45, 7) is 2.75. The maximum absolute atomic E-state index is 5.88. The van der Waals surface area contributed by atoms with Crippen LogP contribution in [0.3, 0.4) is 0 Å². The fraction of sp³-hybridized carbons (Fsp3) is 0.462. The highest BCUT2D eigenvalue weighted by Gasteiger charge is 2.18. The lowest BCUT2D eigenvalue weighted by molar-refractivity contribution is 0.572. The van der Waals surface area contributed by atoms with Crippen molar-refractivity contribution in [2.45, 2.75) is 25.8 Å². The van der Waals surface area contributed by atoms with E-state index in [1.807, 2.05) is 24.4 Å². The lowest BCUT2D eigenvalue weighted by atomic mass is 10.1. The van der Waals surface area contributed by atoms with Crippen LogP contribution < -0.4 is 10.6 Å². The van der Waals surface area contributed by atoms with Gasteiger partial charge in [-0.15, -0.1) is 0 Å². The van der Waals surface area contributed by atoms with Crippen molar-refractivity contribution in [2.75, 3.05) is 18.0 Å². The summed E-state index contributed by atoms with van der Waals surface area (Å²) >= 11 is 0. The Bertz CT molecular complexity index is 511. The summed E-state index contributed by atoms with van der Waals surface area (Å²) in [6.07, 6.45) is 5.90. The Morgan fingerprint density at radius 2 is 2.00 bits per heavy atom. The summed E-state index contributed by atoms with van der Waals surface area (Å²) < 4.78 is 2.10. The van der Waals surface area contributed by atoms with Crippen molar-refractivity contribution >= 4 is 11.5 Å². The van der Waals surface area contributed by atoms with Crippen molar-refractivity contribution in [3.05, 3.63) is 30.1 Å². The number of nitrogens with two attached hydrogens (primary N) is 1. The van der Waals surface area contributed by atoms with Crippen molar-refractivity contribution in [3.63, 3.8) is 0 Å². The van der Waals surface area contributed by atoms with Crippen molar-refractivity contribution in [1.82, 2.24) is 9.38 Å². The van der Waals surface area contributed by atoms with E-state index in [2.05, 4.69) is 9.30 Å². The minimum Gasteiger partial charge on any atom is -0.355 e. The molecule has 90 valence electrons. The van der Waals surface area contributed by atoms with Crippen LogP contribution in [0.15, 0.2) is 24.4 Å². The molecule has 2 aromatic heterocycles. The van der Waals surface area contributed by atoms with Crippen LogP contribution in [-0.2, 0) is 6.54 Å². The lowest BCUT2D eigenvalue weighted by Gasteiger charge is -2.27. The molecule has 17 heavy (non-hydrogen) atoms. The number of fused-ring (bicyclic) bond motifs is 1. The van der Waals surface area contributed by atoms with Crippen LogP contribution in [0.1, 0.15) is 25.0 Å². The first-order valence-electron chi connectivity index (χ1n) is 6.31. The number of aromatic nitrogens is 2. The predicted molar refractivity (Wildman–Crippen MR) is 69.1 cm³/mol. The van der Waals surface area contributed by atoms with E-state index in [4.69, 9.17) is 10.7 Å². The number of imidazole rings is 1. The second-order valence-electron chi connectivity index (χ2n) is 4.56. The zero-order chi connectivity index (χ0) is 11.7. The Hall–Kier alpha value is -1.55. The van der Waals surface area contributed by atoms with Crippen LogP contribution in [-0.4, -0.2) is 22.5 Å². The van der Waals surface area contributed by atoms with E-state index in [1.54, 1.807) is 0 Å². The van der Waals surface area contributed by atoms with Gasteiger partial charge >= 0.3 is 0 Å². The molecule has 1 aliphatic rings. The summed E-state index contributed by atoms with van der Waals surface area (Å²) in [5, 5.41) is 0. The summed E-state index contributed by atoms with van der Waals surface area (Å²) in [7, 11) is 0. The summed E-state index contributed by atoms with van der Waals surface area (Å²) in [4.78, 5) is 7.09. The van der Waals surface area contributed by atoms with E-state index < -0.39 is 0 Å². The zero-order valence-electron chi connectivity index (χ0n) is 9.97. The fourth-order valence-corrected chi connectivity index (χ4v) is 2.58. The number of hydrogen-bond acceptors (Lipinski definition) is 3. The number of nitrogens with zero attached hydrogens (tertiary/aromatic N) is 3. The van der Waals surface area contributed by atoms with Gasteiger partial charge in [0.05, 0.1) is 5.69 Å². The van der Waals surface area contributed by atoms with Gasteiger partial charge in [0.2, 0.25) is 0 Å². The minimum absolute atomic E-state index is 0.539. The second-order valence-corrected chi connectivity index (χ2v) is 4.56. The van der Waals surface area contributed by atoms with E-state index in [0.29, 0.717) is 6.54 Å². The summed E-state index contributed by atoms with van der Waals surface area (Å²) in [5.41, 5.74) is 8.00. The summed E-state index contributed by atoms with van der Waals surface area (Å²) in [6, 6.07) is 6.07. The van der Waals surface area contributed by atoms with Crippen LogP contribution in [0, 0.1) is 0 Å². The third-order valence-electron chi connectivity index (χ3n) is 3.46. The lowest BCUT2D eigenvalue weighted by Crippen LogP contribution is -2.30. The van der Waals surface area contributed by atoms with Gasteiger partial charge in [-0.2, -0.15) is 0 Å². The van der Waals surface area contributed by atoms with Gasteiger partial charge in [0, 0.05) is 25.8 Å². The normalized spacial score (nSPS) is 16.6. The maximum atomic E-state index is 5.88. The number of hydrogen-bond donors (Lipinski definition) is 1. The first kappa shape index (κ1) is 10.6. The van der Waals surface area contributed by atoms with E-state index in [-0.39, 0.29) is 0 Å². The molecule has 3 heterocycles. The molecule has 0 amide bonds. The average molecular weight is 230 g/mol. The molecule has 4 heteroatoms. The molecule has 0 spiro atoms. The second kappa shape index (κ2) is 4.37. The molecule has 0 radical (unpaired) electrons. The highest BCUT2D eigenvalue weighted by molar-refractivity contribution is 5.56. The molecule has 2 N–H and O–H groups in total. The molecular formula is C13H18N4. The molecule has 0 aliphatic carbocycles. The van der Waals surface area contributed by atoms with Crippen LogP contribution in [0.25, 0.3) is 5.65 Å². The summed E-state index contributed by atoms with van der Waals surface area (Å²) in [5.74, 6) is 1.08. The van der Waals surface area contributed by atoms with Gasteiger partial charge < -0.3 is 15.0 Å². The first-order chi connectivity index (χ1) is 8.40. The minimum atomic E-state index is 0.539. The molecule has 2 aromatic rings. The van der Waals surface area contributed by atoms with Crippen molar-refractivity contribution in [3.8, 4) is 0 Å². The SMILES string of the molecule is NCc1c(N2CCCCC2)nc2ccccn12. The van der Waals surface area contributed by atoms with Gasteiger partial charge in [-0.25, -0.2) is 4.98 Å². The van der Waals surface area contributed by atoms with Crippen LogP contribution in [0.2, 0.25) is 0 Å². The highest BCUT2D eigenvalue weighted by Crippen LogP contribution is 2.24. The molecule has 1 fully saturated rings. The zero-order valence-corrected chi connectivity index (χ0v) is 9.97. The first-order valence-corrected chi connectivity index (χ1v) is 6.31. The van der Waals surface area contributed by atoms with Crippen molar-refractivity contribution < 1.29 is 0 Å². The molecule has 4 nitrogen and oxygen atoms in total. The van der Waals surface area contributed by atoms with Gasteiger partial charge in [0.25, 0.3) is 0 Å². The largest absolute Gasteiger partial charge is 0.355 e. The van der Waals surface area contributed by atoms with Crippen molar-refractivity contribution in [1.29, 1.82) is 0 Å². The molecule has 1 aliphatic heterocycles. The molecule has 0 saturated carbocycles. The number of piperidine rings is 1. The Morgan fingerprint density at radius 1 is 1.18 bits per heavy atom. The Kier molecular flexibility index (Phi) is 2.73. The number of pyridine rings is 1. The van der Waals surface area contributed by atoms with Gasteiger partial charge in [-0.1, -0.05) is 6.07 Å². The maximum Gasteiger partial charge on any atom is 0.152 e. The average Bonchev–Trinajstić information content (AvgIpc) is 2.78. The smallest absolute Gasteiger partial charge is 0.152 e. The van der Waals surface area contributed by atoms with Crippen LogP contribution >= 0.6 is 0 Å². The quantitative estimate of drug-likeness (QED) is 0.855. The number of anilines is 1. The van der Waals surface area contributed by atoms with Crippen molar-refractivity contribution in [2.24, 2.45) is 5.73 Å². The van der Waals surface area contributed by atoms with E-state index in [9.17, 15) is 0 Å². The molecular weight excluding hydrogens is 212 g/mol. The Balaban J connectivity index is 2.08. The molecule has 1 saturated heterocycles. The standard InChI is InChI=1S/C13H18N4/c14-10-11-13(16-7-3-1-4-8-16)15-12-6-2-5-9-17(11)12/h2,5-6,9H,1,3-4,7-8,10,14H2. The number of rotatable bonds is 2. The predicted octanol–water partition coefficient (Wildman–Crippen LogP) is 1.78. The molecule has 0 aromatic carbocycles. The molecule has 3 rings (SSSR count). The fourth-order valence-electron chi connectivity index (χ4n) is 2.58. The van der Waals surface area contributed by atoms with Gasteiger partial charge in [0.15, 0.2) is 5.82 Å². The Labute approximate surface area is 101 Å². The molecule has 0 unspecified atom stereocenters. The van der Waals surface area contributed by atoms with Crippen LogP contribution in [0.5, 0.6) is 0 Å². The molecule has 0 bridgehead atoms. The highest BCUT2D eigenvalue weighted by atomic mass is 15.2. The monoisotopic (exact) mass is 230 g/mol. The van der Waals surface area contributed by atoms with E-state index in [0.717, 1.165) is 30.2 Å². The van der Waals surface area contributed by atoms with E-state index >= 15 is 0 Å². The topological polar surface area (TPSA) is 46.6 Å².